The average Bonchev–Trinajstić information content (AvgIpc) is 2.75. The Labute approximate surface area is 109 Å². The molecule has 0 spiro atoms. The van der Waals surface area contributed by atoms with Crippen LogP contribution in [0.1, 0.15) is 36.0 Å². The average molecular weight is 267 g/mol. The van der Waals surface area contributed by atoms with Crippen molar-refractivity contribution >= 4 is 5.91 Å². The minimum atomic E-state index is -0.862. The van der Waals surface area contributed by atoms with Gasteiger partial charge in [0.1, 0.15) is 5.56 Å². The van der Waals surface area contributed by atoms with E-state index in [4.69, 9.17) is 0 Å². The molecular weight excluding hydrogens is 250 g/mol. The van der Waals surface area contributed by atoms with Gasteiger partial charge in [0.05, 0.1) is 5.60 Å². The maximum Gasteiger partial charge on any atom is 0.325 e. The Hall–Kier alpha value is -1.89. The van der Waals surface area contributed by atoms with Crippen LogP contribution in [0.25, 0.3) is 0 Å². The predicted molar refractivity (Wildman–Crippen MR) is 68.1 cm³/mol. The number of carbonyl (C=O) groups is 1. The number of rotatable bonds is 3. The number of H-pyrrole nitrogens is 2. The molecule has 1 aliphatic carbocycles. The summed E-state index contributed by atoms with van der Waals surface area (Å²) < 4.78 is 0. The van der Waals surface area contributed by atoms with Crippen molar-refractivity contribution in [2.75, 3.05) is 13.6 Å². The minimum absolute atomic E-state index is 0.135. The summed E-state index contributed by atoms with van der Waals surface area (Å²) in [6.07, 6.45) is 4.30. The molecule has 19 heavy (non-hydrogen) atoms. The second kappa shape index (κ2) is 5.00. The van der Waals surface area contributed by atoms with Gasteiger partial charge in [-0.2, -0.15) is 0 Å². The monoisotopic (exact) mass is 267 g/mol. The quantitative estimate of drug-likeness (QED) is 0.682. The second-order valence-electron chi connectivity index (χ2n) is 5.08. The summed E-state index contributed by atoms with van der Waals surface area (Å²) in [5.74, 6) is -0.516. The van der Waals surface area contributed by atoms with Crippen LogP contribution in [0.5, 0.6) is 0 Å². The van der Waals surface area contributed by atoms with Gasteiger partial charge in [0.2, 0.25) is 0 Å². The molecule has 0 saturated heterocycles. The van der Waals surface area contributed by atoms with Crippen LogP contribution >= 0.6 is 0 Å². The van der Waals surface area contributed by atoms with E-state index in [1.807, 2.05) is 4.98 Å². The Morgan fingerprint density at radius 3 is 2.63 bits per heavy atom. The van der Waals surface area contributed by atoms with E-state index in [0.717, 1.165) is 19.0 Å². The topological polar surface area (TPSA) is 106 Å². The normalized spacial score (nSPS) is 17.4. The number of aliphatic hydroxyl groups is 1. The van der Waals surface area contributed by atoms with Crippen molar-refractivity contribution in [3.05, 3.63) is 32.6 Å². The highest BCUT2D eigenvalue weighted by atomic mass is 16.3. The molecule has 1 saturated carbocycles. The molecule has 1 amide bonds. The summed E-state index contributed by atoms with van der Waals surface area (Å²) in [5.41, 5.74) is -2.37. The number of hydrogen-bond donors (Lipinski definition) is 3. The Morgan fingerprint density at radius 2 is 2.05 bits per heavy atom. The molecule has 1 fully saturated rings. The van der Waals surface area contributed by atoms with Crippen LogP contribution in [-0.4, -0.2) is 45.1 Å². The van der Waals surface area contributed by atoms with Crippen LogP contribution in [0.4, 0.5) is 0 Å². The van der Waals surface area contributed by atoms with Crippen LogP contribution in [0.2, 0.25) is 0 Å². The minimum Gasteiger partial charge on any atom is -0.388 e. The highest BCUT2D eigenvalue weighted by Gasteiger charge is 2.33. The van der Waals surface area contributed by atoms with Gasteiger partial charge in [0, 0.05) is 19.8 Å². The summed E-state index contributed by atoms with van der Waals surface area (Å²) in [6, 6.07) is 0. The van der Waals surface area contributed by atoms with Crippen molar-refractivity contribution in [1.29, 1.82) is 0 Å². The number of nitrogens with one attached hydrogen (secondary N) is 2. The van der Waals surface area contributed by atoms with Crippen molar-refractivity contribution in [3.8, 4) is 0 Å². The van der Waals surface area contributed by atoms with Gasteiger partial charge >= 0.3 is 5.69 Å². The lowest BCUT2D eigenvalue weighted by molar-refractivity contribution is 0.0156. The zero-order valence-corrected chi connectivity index (χ0v) is 10.7. The van der Waals surface area contributed by atoms with Crippen molar-refractivity contribution in [3.63, 3.8) is 0 Å². The lowest BCUT2D eigenvalue weighted by Gasteiger charge is -2.28. The molecule has 2 rings (SSSR count). The van der Waals surface area contributed by atoms with E-state index in [-0.39, 0.29) is 12.1 Å². The molecule has 7 nitrogen and oxygen atoms in total. The molecule has 1 aromatic rings. The molecule has 7 heteroatoms. The number of amides is 1. The van der Waals surface area contributed by atoms with E-state index < -0.39 is 22.8 Å². The lowest BCUT2D eigenvalue weighted by Crippen LogP contribution is -2.43. The SMILES string of the molecule is CN(CC1(O)CCCC1)C(=O)c1c[nH]c(=O)[nH]c1=O. The molecule has 104 valence electrons. The summed E-state index contributed by atoms with van der Waals surface area (Å²) in [4.78, 5) is 40.1. The highest BCUT2D eigenvalue weighted by Crippen LogP contribution is 2.30. The fourth-order valence-corrected chi connectivity index (χ4v) is 2.48. The zero-order chi connectivity index (χ0) is 14.0. The molecule has 0 aromatic carbocycles. The van der Waals surface area contributed by atoms with Crippen molar-refractivity contribution in [2.45, 2.75) is 31.3 Å². The number of aromatic amines is 2. The predicted octanol–water partition coefficient (Wildman–Crippen LogP) is -0.560. The van der Waals surface area contributed by atoms with Gasteiger partial charge in [0.15, 0.2) is 0 Å². The van der Waals surface area contributed by atoms with Gasteiger partial charge in [-0.1, -0.05) is 12.8 Å². The van der Waals surface area contributed by atoms with Crippen LogP contribution in [0.3, 0.4) is 0 Å². The third kappa shape index (κ3) is 2.93. The summed E-state index contributed by atoms with van der Waals surface area (Å²) in [5, 5.41) is 10.2. The Morgan fingerprint density at radius 1 is 1.42 bits per heavy atom. The van der Waals surface area contributed by atoms with E-state index >= 15 is 0 Å². The Bertz CT molecular complexity index is 583. The van der Waals surface area contributed by atoms with Gasteiger partial charge in [-0.25, -0.2) is 4.79 Å². The van der Waals surface area contributed by atoms with Gasteiger partial charge < -0.3 is 15.0 Å². The van der Waals surface area contributed by atoms with E-state index in [2.05, 4.69) is 4.98 Å². The largest absolute Gasteiger partial charge is 0.388 e. The molecule has 0 radical (unpaired) electrons. The van der Waals surface area contributed by atoms with Crippen LogP contribution in [-0.2, 0) is 0 Å². The van der Waals surface area contributed by atoms with E-state index in [9.17, 15) is 19.5 Å². The first-order valence-electron chi connectivity index (χ1n) is 6.21. The first-order chi connectivity index (χ1) is 8.91. The third-order valence-corrected chi connectivity index (χ3v) is 3.46. The molecule has 0 atom stereocenters. The number of likely N-dealkylation sites (N-methyl/N-ethyl adjacent to an activating group) is 1. The molecule has 1 heterocycles. The van der Waals surface area contributed by atoms with Gasteiger partial charge in [0.25, 0.3) is 11.5 Å². The van der Waals surface area contributed by atoms with Crippen LogP contribution in [0.15, 0.2) is 15.8 Å². The van der Waals surface area contributed by atoms with E-state index in [1.54, 1.807) is 0 Å². The summed E-state index contributed by atoms with van der Waals surface area (Å²) in [6.45, 7) is 0.185. The fourth-order valence-electron chi connectivity index (χ4n) is 2.48. The number of hydrogen-bond acceptors (Lipinski definition) is 4. The van der Waals surface area contributed by atoms with Crippen molar-refractivity contribution in [2.24, 2.45) is 0 Å². The fraction of sp³-hybridized carbons (Fsp3) is 0.583. The van der Waals surface area contributed by atoms with Gasteiger partial charge in [-0.15, -0.1) is 0 Å². The third-order valence-electron chi connectivity index (χ3n) is 3.46. The smallest absolute Gasteiger partial charge is 0.325 e. The molecule has 3 N–H and O–H groups in total. The van der Waals surface area contributed by atoms with Gasteiger partial charge in [-0.3, -0.25) is 14.6 Å². The Balaban J connectivity index is 2.15. The number of aromatic nitrogens is 2. The van der Waals surface area contributed by atoms with Crippen LogP contribution in [0, 0.1) is 0 Å². The van der Waals surface area contributed by atoms with Crippen molar-refractivity contribution < 1.29 is 9.90 Å². The molecule has 0 bridgehead atoms. The number of nitrogens with zero attached hydrogens (tertiary/aromatic N) is 1. The molecule has 1 aliphatic rings. The Kier molecular flexibility index (Phi) is 3.57. The first kappa shape index (κ1) is 13.5. The summed E-state index contributed by atoms with van der Waals surface area (Å²) in [7, 11) is 1.53. The van der Waals surface area contributed by atoms with Crippen LogP contribution < -0.4 is 11.2 Å². The molecular formula is C12H17N3O4. The first-order valence-corrected chi connectivity index (χ1v) is 6.21. The van der Waals surface area contributed by atoms with Gasteiger partial charge in [-0.05, 0) is 12.8 Å². The molecule has 0 aliphatic heterocycles. The zero-order valence-electron chi connectivity index (χ0n) is 10.7. The van der Waals surface area contributed by atoms with Crippen molar-refractivity contribution in [1.82, 2.24) is 14.9 Å². The maximum atomic E-state index is 12.1. The summed E-state index contributed by atoms with van der Waals surface area (Å²) >= 11 is 0. The maximum absolute atomic E-state index is 12.1. The molecule has 1 aromatic heterocycles. The number of carbonyl (C=O) groups excluding carboxylic acids is 1. The van der Waals surface area contributed by atoms with E-state index in [1.165, 1.54) is 11.9 Å². The lowest BCUT2D eigenvalue weighted by atomic mass is 10.0. The highest BCUT2D eigenvalue weighted by molar-refractivity contribution is 5.93. The van der Waals surface area contributed by atoms with E-state index in [0.29, 0.717) is 12.8 Å². The molecule has 0 unspecified atom stereocenters. The standard InChI is InChI=1S/C12H17N3O4/c1-15(7-12(19)4-2-3-5-12)10(17)8-6-13-11(18)14-9(8)16/h6,19H,2-5,7H2,1H3,(H2,13,14,16,18). The second-order valence-corrected chi connectivity index (χ2v) is 5.08.